The van der Waals surface area contributed by atoms with Gasteiger partial charge in [-0.15, -0.1) is 0 Å². The Morgan fingerprint density at radius 1 is 1.29 bits per heavy atom. The van der Waals surface area contributed by atoms with Crippen LogP contribution in [0.4, 0.5) is 0 Å². The fourth-order valence-corrected chi connectivity index (χ4v) is 3.50. The van der Waals surface area contributed by atoms with Crippen molar-refractivity contribution < 1.29 is 43.2 Å². The number of carbonyl (C=O) groups is 4. The van der Waals surface area contributed by atoms with Crippen LogP contribution in [0.2, 0.25) is 0 Å². The summed E-state index contributed by atoms with van der Waals surface area (Å²) in [5, 5.41) is 9.70. The van der Waals surface area contributed by atoms with Gasteiger partial charge in [0.05, 0.1) is 31.1 Å². The molecule has 0 amide bonds. The van der Waals surface area contributed by atoms with Crippen LogP contribution in [0.5, 0.6) is 0 Å². The van der Waals surface area contributed by atoms with Crippen molar-refractivity contribution in [3.8, 4) is 0 Å². The first kappa shape index (κ1) is 24.3. The van der Waals surface area contributed by atoms with Crippen molar-refractivity contribution in [2.45, 2.75) is 51.9 Å². The molecule has 1 fully saturated rings. The lowest BCUT2D eigenvalue weighted by Gasteiger charge is -2.33. The van der Waals surface area contributed by atoms with Crippen molar-refractivity contribution >= 4 is 23.9 Å². The summed E-state index contributed by atoms with van der Waals surface area (Å²) in [6.07, 6.45) is 0.178. The smallest absolute Gasteiger partial charge is 0.337 e. The number of carbonyl (C=O) groups excluding carboxylic acids is 4. The maximum Gasteiger partial charge on any atom is 0.337 e. The van der Waals surface area contributed by atoms with E-state index in [9.17, 15) is 24.3 Å². The topological polar surface area (TPSA) is 125 Å². The molecule has 31 heavy (non-hydrogen) atoms. The molecule has 1 N–H and O–H groups in total. The highest BCUT2D eigenvalue weighted by atomic mass is 16.6. The molecule has 0 aromatic carbocycles. The van der Waals surface area contributed by atoms with E-state index < -0.39 is 54.0 Å². The van der Waals surface area contributed by atoms with E-state index in [2.05, 4.69) is 6.58 Å². The molecule has 4 atom stereocenters. The quantitative estimate of drug-likeness (QED) is 0.294. The molecule has 0 radical (unpaired) electrons. The van der Waals surface area contributed by atoms with Gasteiger partial charge in [0.2, 0.25) is 0 Å². The molecular weight excluding hydrogens is 408 g/mol. The third-order valence-electron chi connectivity index (χ3n) is 5.09. The zero-order valence-corrected chi connectivity index (χ0v) is 18.1. The van der Waals surface area contributed by atoms with E-state index in [4.69, 9.17) is 18.9 Å². The van der Waals surface area contributed by atoms with Crippen LogP contribution in [0, 0.1) is 11.8 Å². The van der Waals surface area contributed by atoms with Gasteiger partial charge in [0, 0.05) is 12.5 Å². The van der Waals surface area contributed by atoms with Crippen molar-refractivity contribution in [3.63, 3.8) is 0 Å². The van der Waals surface area contributed by atoms with Crippen LogP contribution >= 0.6 is 0 Å². The summed E-state index contributed by atoms with van der Waals surface area (Å²) in [7, 11) is 1.17. The number of hydrogen-bond acceptors (Lipinski definition) is 9. The van der Waals surface area contributed by atoms with Crippen molar-refractivity contribution in [1.82, 2.24) is 0 Å². The molecule has 1 unspecified atom stereocenters. The summed E-state index contributed by atoms with van der Waals surface area (Å²) < 4.78 is 21.4. The van der Waals surface area contributed by atoms with Gasteiger partial charge in [-0.2, -0.15) is 0 Å². The highest BCUT2D eigenvalue weighted by Crippen LogP contribution is 2.38. The Hall–Kier alpha value is -2.94. The lowest BCUT2D eigenvalue weighted by Crippen LogP contribution is -2.46. The summed E-state index contributed by atoms with van der Waals surface area (Å²) >= 11 is 0. The number of methoxy groups -OCH3 is 1. The van der Waals surface area contributed by atoms with Gasteiger partial charge in [-0.3, -0.25) is 9.59 Å². The first-order valence-electron chi connectivity index (χ1n) is 9.96. The second-order valence-electron chi connectivity index (χ2n) is 7.68. The minimum atomic E-state index is -1.35. The molecule has 2 aliphatic rings. The Labute approximate surface area is 180 Å². The average Bonchev–Trinajstić information content (AvgIpc) is 2.99. The largest absolute Gasteiger partial charge is 0.466 e. The molecule has 2 rings (SSSR count). The van der Waals surface area contributed by atoms with Crippen LogP contribution in [0.3, 0.4) is 0 Å². The zero-order valence-electron chi connectivity index (χ0n) is 18.1. The lowest BCUT2D eigenvalue weighted by molar-refractivity contribution is -0.172. The van der Waals surface area contributed by atoms with Gasteiger partial charge in [0.25, 0.3) is 0 Å². The van der Waals surface area contributed by atoms with Gasteiger partial charge in [-0.05, 0) is 24.5 Å². The number of hydrogen-bond donors (Lipinski definition) is 1. The minimum Gasteiger partial charge on any atom is -0.466 e. The van der Waals surface area contributed by atoms with E-state index in [1.807, 2.05) is 0 Å². The average molecular weight is 436 g/mol. The molecule has 0 aromatic heterocycles. The second-order valence-corrected chi connectivity index (χ2v) is 7.68. The minimum absolute atomic E-state index is 0.00189. The Kier molecular flexibility index (Phi) is 8.15. The number of esters is 4. The number of aliphatic hydroxyl groups excluding tert-OH is 1. The second kappa shape index (κ2) is 10.4. The van der Waals surface area contributed by atoms with E-state index in [0.29, 0.717) is 18.4 Å². The predicted molar refractivity (Wildman–Crippen MR) is 107 cm³/mol. The van der Waals surface area contributed by atoms with Gasteiger partial charge in [-0.1, -0.05) is 26.5 Å². The first-order valence-corrected chi connectivity index (χ1v) is 9.96. The van der Waals surface area contributed by atoms with Crippen LogP contribution in [0.15, 0.2) is 35.5 Å². The van der Waals surface area contributed by atoms with Crippen molar-refractivity contribution in [1.29, 1.82) is 0 Å². The lowest BCUT2D eigenvalue weighted by atomic mass is 9.83. The highest BCUT2D eigenvalue weighted by Gasteiger charge is 2.50. The molecule has 1 saturated heterocycles. The summed E-state index contributed by atoms with van der Waals surface area (Å²) in [6.45, 7) is 7.87. The predicted octanol–water partition coefficient (Wildman–Crippen LogP) is 1.40. The van der Waals surface area contributed by atoms with Gasteiger partial charge >= 0.3 is 23.9 Å². The SMILES string of the molecule is C=C1C(=O)O[C@@H]2/C=C(/CO)CC/C=C(/C(=O)OC)[C@@H](OC(C)=O)C(OC(=O)C(C)C)[C@@H]12. The third-order valence-corrected chi connectivity index (χ3v) is 5.09. The molecular formula is C22H28O9. The fraction of sp³-hybridized carbons (Fsp3) is 0.545. The van der Waals surface area contributed by atoms with Gasteiger partial charge in [-0.25, -0.2) is 9.59 Å². The molecule has 9 heteroatoms. The number of aliphatic hydroxyl groups is 1. The molecule has 1 heterocycles. The molecule has 0 saturated carbocycles. The monoisotopic (exact) mass is 436 g/mol. The van der Waals surface area contributed by atoms with E-state index in [-0.39, 0.29) is 17.8 Å². The van der Waals surface area contributed by atoms with Gasteiger partial charge in [0.15, 0.2) is 12.2 Å². The van der Waals surface area contributed by atoms with E-state index >= 15 is 0 Å². The van der Waals surface area contributed by atoms with Crippen LogP contribution in [-0.4, -0.2) is 61.0 Å². The maximum atomic E-state index is 12.6. The Morgan fingerprint density at radius 3 is 2.52 bits per heavy atom. The Balaban J connectivity index is 2.70. The molecule has 0 bridgehead atoms. The first-order chi connectivity index (χ1) is 14.6. The van der Waals surface area contributed by atoms with Crippen LogP contribution < -0.4 is 0 Å². The van der Waals surface area contributed by atoms with Gasteiger partial charge < -0.3 is 24.1 Å². The van der Waals surface area contributed by atoms with E-state index in [1.165, 1.54) is 13.2 Å². The summed E-state index contributed by atoms with van der Waals surface area (Å²) in [6, 6.07) is 0. The number of allylic oxidation sites excluding steroid dienone is 1. The maximum absolute atomic E-state index is 12.6. The van der Waals surface area contributed by atoms with Crippen molar-refractivity contribution in [3.05, 3.63) is 35.5 Å². The summed E-state index contributed by atoms with van der Waals surface area (Å²) in [5.41, 5.74) is 0.532. The normalized spacial score (nSPS) is 29.6. The molecule has 9 nitrogen and oxygen atoms in total. The van der Waals surface area contributed by atoms with E-state index in [1.54, 1.807) is 19.9 Å². The third kappa shape index (κ3) is 5.61. The van der Waals surface area contributed by atoms with Gasteiger partial charge in [0.1, 0.15) is 6.10 Å². The summed E-state index contributed by atoms with van der Waals surface area (Å²) in [4.78, 5) is 49.3. The Bertz CT molecular complexity index is 821. The summed E-state index contributed by atoms with van der Waals surface area (Å²) in [5.74, 6) is -4.32. The molecule has 1 aliphatic heterocycles. The van der Waals surface area contributed by atoms with Crippen LogP contribution in [-0.2, 0) is 38.1 Å². The van der Waals surface area contributed by atoms with E-state index in [0.717, 1.165) is 6.92 Å². The molecule has 1 aliphatic carbocycles. The number of ether oxygens (including phenoxy) is 4. The van der Waals surface area contributed by atoms with Crippen molar-refractivity contribution in [2.75, 3.05) is 13.7 Å². The van der Waals surface area contributed by atoms with Crippen molar-refractivity contribution in [2.24, 2.45) is 11.8 Å². The fourth-order valence-electron chi connectivity index (χ4n) is 3.50. The van der Waals surface area contributed by atoms with Crippen LogP contribution in [0.25, 0.3) is 0 Å². The molecule has 170 valence electrons. The standard InChI is InChI=1S/C22H28O9/c1-11(2)20(25)31-19-17-12(3)21(26)30-16(17)9-14(10-23)7-6-8-15(22(27)28-5)18(19)29-13(4)24/h8-9,11,16-19,23H,3,6-7,10H2,1-2,4-5H3/b14-9+,15-8+/t16-,17+,18-,19?/m1/s1. The number of rotatable bonds is 5. The zero-order chi connectivity index (χ0) is 23.3. The van der Waals surface area contributed by atoms with Crippen LogP contribution in [0.1, 0.15) is 33.6 Å². The molecule has 0 aromatic rings. The highest BCUT2D eigenvalue weighted by molar-refractivity contribution is 5.92. The number of fused-ring (bicyclic) bond motifs is 1. The molecule has 0 spiro atoms. The Morgan fingerprint density at radius 2 is 1.97 bits per heavy atom.